The molecule has 0 fully saturated rings. The molecule has 0 rings (SSSR count). The van der Waals surface area contributed by atoms with Gasteiger partial charge in [-0.2, -0.15) is 0 Å². The van der Waals surface area contributed by atoms with E-state index in [0.717, 1.165) is 25.7 Å². The van der Waals surface area contributed by atoms with Crippen molar-refractivity contribution in [1.29, 1.82) is 0 Å². The van der Waals surface area contributed by atoms with Crippen LogP contribution in [0.2, 0.25) is 0 Å². The third-order valence-electron chi connectivity index (χ3n) is 2.06. The largest absolute Gasteiger partial charge is 0.466 e. The molecule has 0 saturated heterocycles. The normalized spacial score (nSPS) is 12.5. The van der Waals surface area contributed by atoms with E-state index in [2.05, 4.69) is 0 Å². The van der Waals surface area contributed by atoms with Gasteiger partial charge in [-0.25, -0.2) is 0 Å². The van der Waals surface area contributed by atoms with Crippen molar-refractivity contribution in [3.8, 4) is 0 Å². The molecule has 0 aliphatic carbocycles. The van der Waals surface area contributed by atoms with E-state index in [4.69, 9.17) is 9.84 Å². The van der Waals surface area contributed by atoms with E-state index in [1.807, 2.05) is 6.92 Å². The first-order valence-corrected chi connectivity index (χ1v) is 5.65. The van der Waals surface area contributed by atoms with Gasteiger partial charge in [0.05, 0.1) is 19.1 Å². The van der Waals surface area contributed by atoms with Crippen molar-refractivity contribution in [2.45, 2.75) is 51.6 Å². The van der Waals surface area contributed by atoms with Gasteiger partial charge in [-0.15, -0.1) is 0 Å². The Morgan fingerprint density at radius 1 is 1.33 bits per heavy atom. The third-order valence-corrected chi connectivity index (χ3v) is 2.06. The molecular weight excluding hydrogens is 196 g/mol. The number of ether oxygens (including phenoxy) is 1. The lowest BCUT2D eigenvalue weighted by Gasteiger charge is -2.09. The Hall–Kier alpha value is -0.610. The molecule has 0 radical (unpaired) electrons. The van der Waals surface area contributed by atoms with Gasteiger partial charge in [0, 0.05) is 6.61 Å². The fourth-order valence-corrected chi connectivity index (χ4v) is 1.24. The Morgan fingerprint density at radius 2 is 2.07 bits per heavy atom. The van der Waals surface area contributed by atoms with E-state index >= 15 is 0 Å². The second-order valence-electron chi connectivity index (χ2n) is 3.65. The standard InChI is InChI=1S/C11H22O4/c1-2-8-15-11(14)9-10(13)6-4-3-5-7-12/h10,12-13H,2-9H2,1H3. The zero-order valence-electron chi connectivity index (χ0n) is 9.45. The third kappa shape index (κ3) is 9.69. The first-order valence-electron chi connectivity index (χ1n) is 5.65. The summed E-state index contributed by atoms with van der Waals surface area (Å²) in [4.78, 5) is 11.1. The van der Waals surface area contributed by atoms with Crippen LogP contribution < -0.4 is 0 Å². The number of aliphatic hydroxyl groups is 2. The highest BCUT2D eigenvalue weighted by molar-refractivity contribution is 5.69. The zero-order valence-corrected chi connectivity index (χ0v) is 9.45. The molecule has 0 amide bonds. The molecule has 1 unspecified atom stereocenters. The minimum absolute atomic E-state index is 0.0825. The molecule has 0 aromatic rings. The zero-order chi connectivity index (χ0) is 11.5. The summed E-state index contributed by atoms with van der Waals surface area (Å²) >= 11 is 0. The van der Waals surface area contributed by atoms with Gasteiger partial charge in [-0.1, -0.05) is 19.8 Å². The molecule has 15 heavy (non-hydrogen) atoms. The van der Waals surface area contributed by atoms with Gasteiger partial charge in [-0.3, -0.25) is 4.79 Å². The summed E-state index contributed by atoms with van der Waals surface area (Å²) in [6, 6.07) is 0. The van der Waals surface area contributed by atoms with Gasteiger partial charge in [-0.05, 0) is 19.3 Å². The van der Waals surface area contributed by atoms with Crippen molar-refractivity contribution in [1.82, 2.24) is 0 Å². The molecule has 2 N–H and O–H groups in total. The predicted molar refractivity (Wildman–Crippen MR) is 57.4 cm³/mol. The number of unbranched alkanes of at least 4 members (excludes halogenated alkanes) is 2. The molecule has 0 heterocycles. The van der Waals surface area contributed by atoms with Crippen LogP contribution in [0.5, 0.6) is 0 Å². The van der Waals surface area contributed by atoms with Crippen molar-refractivity contribution in [3.63, 3.8) is 0 Å². The van der Waals surface area contributed by atoms with Crippen LogP contribution in [0, 0.1) is 0 Å². The molecular formula is C11H22O4. The highest BCUT2D eigenvalue weighted by Crippen LogP contribution is 2.07. The van der Waals surface area contributed by atoms with Gasteiger partial charge < -0.3 is 14.9 Å². The Morgan fingerprint density at radius 3 is 2.67 bits per heavy atom. The second-order valence-corrected chi connectivity index (χ2v) is 3.65. The molecule has 0 saturated carbocycles. The topological polar surface area (TPSA) is 66.8 Å². The van der Waals surface area contributed by atoms with Crippen LogP contribution in [-0.2, 0) is 9.53 Å². The maximum atomic E-state index is 11.1. The Kier molecular flexibility index (Phi) is 9.52. The number of aliphatic hydroxyl groups excluding tert-OH is 2. The van der Waals surface area contributed by atoms with Crippen molar-refractivity contribution >= 4 is 5.97 Å². The summed E-state index contributed by atoms with van der Waals surface area (Å²) in [6.07, 6.45) is 3.36. The fraction of sp³-hybridized carbons (Fsp3) is 0.909. The molecule has 0 bridgehead atoms. The number of hydrogen-bond donors (Lipinski definition) is 2. The Labute approximate surface area is 91.3 Å². The lowest BCUT2D eigenvalue weighted by atomic mass is 10.1. The van der Waals surface area contributed by atoms with Gasteiger partial charge in [0.15, 0.2) is 0 Å². The summed E-state index contributed by atoms with van der Waals surface area (Å²) in [6.45, 7) is 2.54. The van der Waals surface area contributed by atoms with E-state index in [1.54, 1.807) is 0 Å². The Bertz CT molecular complexity index is 159. The van der Waals surface area contributed by atoms with Gasteiger partial charge in [0.2, 0.25) is 0 Å². The maximum Gasteiger partial charge on any atom is 0.308 e. The van der Waals surface area contributed by atoms with Crippen molar-refractivity contribution in [2.24, 2.45) is 0 Å². The van der Waals surface area contributed by atoms with E-state index in [9.17, 15) is 9.90 Å². The number of carbonyl (C=O) groups is 1. The molecule has 0 aromatic heterocycles. The summed E-state index contributed by atoms with van der Waals surface area (Å²) in [7, 11) is 0. The van der Waals surface area contributed by atoms with Gasteiger partial charge in [0.25, 0.3) is 0 Å². The van der Waals surface area contributed by atoms with E-state index < -0.39 is 6.10 Å². The number of carbonyl (C=O) groups excluding carboxylic acids is 1. The summed E-state index contributed by atoms with van der Waals surface area (Å²) in [5, 5.41) is 18.0. The van der Waals surface area contributed by atoms with E-state index in [1.165, 1.54) is 0 Å². The molecule has 0 aliphatic rings. The van der Waals surface area contributed by atoms with E-state index in [-0.39, 0.29) is 19.0 Å². The smallest absolute Gasteiger partial charge is 0.308 e. The average molecular weight is 218 g/mol. The number of rotatable bonds is 9. The Balaban J connectivity index is 3.38. The van der Waals surface area contributed by atoms with Crippen molar-refractivity contribution in [3.05, 3.63) is 0 Å². The van der Waals surface area contributed by atoms with Crippen LogP contribution >= 0.6 is 0 Å². The lowest BCUT2D eigenvalue weighted by Crippen LogP contribution is -2.16. The lowest BCUT2D eigenvalue weighted by molar-refractivity contribution is -0.145. The van der Waals surface area contributed by atoms with Crippen LogP contribution in [0.1, 0.15) is 45.4 Å². The summed E-state index contributed by atoms with van der Waals surface area (Å²) < 4.78 is 4.85. The van der Waals surface area contributed by atoms with Crippen LogP contribution in [0.15, 0.2) is 0 Å². The number of esters is 1. The van der Waals surface area contributed by atoms with Crippen molar-refractivity contribution < 1.29 is 19.7 Å². The molecule has 0 aliphatic heterocycles. The predicted octanol–water partition coefficient (Wildman–Crippen LogP) is 1.24. The number of hydrogen-bond acceptors (Lipinski definition) is 4. The SMILES string of the molecule is CCCOC(=O)CC(O)CCCCCO. The summed E-state index contributed by atoms with van der Waals surface area (Å²) in [5.74, 6) is -0.327. The molecule has 1 atom stereocenters. The quantitative estimate of drug-likeness (QED) is 0.451. The monoisotopic (exact) mass is 218 g/mol. The molecule has 4 nitrogen and oxygen atoms in total. The van der Waals surface area contributed by atoms with Crippen LogP contribution in [0.4, 0.5) is 0 Å². The first kappa shape index (κ1) is 14.4. The fourth-order valence-electron chi connectivity index (χ4n) is 1.24. The highest BCUT2D eigenvalue weighted by Gasteiger charge is 2.11. The minimum Gasteiger partial charge on any atom is -0.466 e. The molecule has 4 heteroatoms. The summed E-state index contributed by atoms with van der Waals surface area (Å²) in [5.41, 5.74) is 0. The van der Waals surface area contributed by atoms with E-state index in [0.29, 0.717) is 13.0 Å². The van der Waals surface area contributed by atoms with Gasteiger partial charge in [0.1, 0.15) is 0 Å². The van der Waals surface area contributed by atoms with Gasteiger partial charge >= 0.3 is 5.97 Å². The molecule has 0 spiro atoms. The molecule has 90 valence electrons. The average Bonchev–Trinajstić information content (AvgIpc) is 2.21. The van der Waals surface area contributed by atoms with Crippen LogP contribution in [-0.4, -0.2) is 35.5 Å². The second kappa shape index (κ2) is 9.93. The van der Waals surface area contributed by atoms with Crippen molar-refractivity contribution in [2.75, 3.05) is 13.2 Å². The highest BCUT2D eigenvalue weighted by atomic mass is 16.5. The minimum atomic E-state index is -0.604. The van der Waals surface area contributed by atoms with Crippen LogP contribution in [0.25, 0.3) is 0 Å². The molecule has 0 aromatic carbocycles. The van der Waals surface area contributed by atoms with Crippen LogP contribution in [0.3, 0.4) is 0 Å². The maximum absolute atomic E-state index is 11.1. The first-order chi connectivity index (χ1) is 7.20.